The first-order chi connectivity index (χ1) is 13.3. The molecule has 28 heavy (non-hydrogen) atoms. The lowest BCUT2D eigenvalue weighted by molar-refractivity contribution is -0.389. The first-order valence-corrected chi connectivity index (χ1v) is 8.80. The molecule has 0 spiro atoms. The van der Waals surface area contributed by atoms with E-state index >= 15 is 0 Å². The average molecular weight is 409 g/mol. The van der Waals surface area contributed by atoms with Crippen LogP contribution in [-0.4, -0.2) is 56.6 Å². The van der Waals surface area contributed by atoms with Gasteiger partial charge in [0.25, 0.3) is 5.69 Å². The van der Waals surface area contributed by atoms with E-state index in [4.69, 9.17) is 11.6 Å². The van der Waals surface area contributed by atoms with Gasteiger partial charge in [-0.25, -0.2) is 0 Å². The minimum atomic E-state index is -0.681. The molecule has 2 aromatic rings. The number of carbonyl (C=O) groups is 1. The summed E-state index contributed by atoms with van der Waals surface area (Å²) in [6.07, 6.45) is 0. The number of nitro benzene ring substituents is 1. The molecule has 0 radical (unpaired) electrons. The molecule has 12 heteroatoms. The Bertz CT molecular complexity index is 920. The highest BCUT2D eigenvalue weighted by Crippen LogP contribution is 2.26. The van der Waals surface area contributed by atoms with Gasteiger partial charge in [-0.1, -0.05) is 11.6 Å². The van der Waals surface area contributed by atoms with Crippen molar-refractivity contribution in [2.24, 2.45) is 0 Å². The monoisotopic (exact) mass is 408 g/mol. The highest BCUT2D eigenvalue weighted by molar-refractivity contribution is 6.33. The van der Waals surface area contributed by atoms with E-state index in [0.29, 0.717) is 31.9 Å². The van der Waals surface area contributed by atoms with Gasteiger partial charge in [0.15, 0.2) is 5.02 Å². The Morgan fingerprint density at radius 2 is 1.71 bits per heavy atom. The van der Waals surface area contributed by atoms with E-state index in [1.807, 2.05) is 4.90 Å². The topological polar surface area (TPSA) is 128 Å². The number of amides is 1. The predicted octanol–water partition coefficient (Wildman–Crippen LogP) is 2.01. The largest absolute Gasteiger partial charge is 0.408 e. The van der Waals surface area contributed by atoms with Gasteiger partial charge < -0.3 is 19.9 Å². The SMILES string of the molecule is Cc1c(Cl)c([N+](=O)[O-])nn1CC(=O)N1CCN(c2ccc([N+](=O)[O-])cc2)CC1. The van der Waals surface area contributed by atoms with Crippen molar-refractivity contribution in [2.45, 2.75) is 13.5 Å². The maximum absolute atomic E-state index is 12.5. The molecule has 1 aliphatic rings. The lowest BCUT2D eigenvalue weighted by Crippen LogP contribution is -2.49. The number of halogens is 1. The van der Waals surface area contributed by atoms with Gasteiger partial charge in [-0.05, 0) is 24.0 Å². The van der Waals surface area contributed by atoms with Crippen molar-refractivity contribution in [1.29, 1.82) is 0 Å². The van der Waals surface area contributed by atoms with Crippen molar-refractivity contribution in [3.63, 3.8) is 0 Å². The number of piperazine rings is 1. The third-order valence-corrected chi connectivity index (χ3v) is 5.08. The highest BCUT2D eigenvalue weighted by atomic mass is 35.5. The fourth-order valence-corrected chi connectivity index (χ4v) is 3.21. The highest BCUT2D eigenvalue weighted by Gasteiger charge is 2.27. The summed E-state index contributed by atoms with van der Waals surface area (Å²) in [4.78, 5) is 36.7. The molecule has 1 amide bonds. The standard InChI is InChI=1S/C16H17ClN6O5/c1-11-15(17)16(23(27)28)18-21(11)10-14(24)20-8-6-19(7-9-20)12-2-4-13(5-3-12)22(25)26/h2-5H,6-10H2,1H3. The number of hydrogen-bond donors (Lipinski definition) is 0. The van der Waals surface area contributed by atoms with Crippen molar-refractivity contribution in [2.75, 3.05) is 31.1 Å². The molecule has 0 saturated carbocycles. The van der Waals surface area contributed by atoms with Gasteiger partial charge in [-0.2, -0.15) is 4.68 Å². The molecule has 0 atom stereocenters. The van der Waals surface area contributed by atoms with Crippen LogP contribution in [-0.2, 0) is 11.3 Å². The van der Waals surface area contributed by atoms with Crippen LogP contribution in [0.3, 0.4) is 0 Å². The van der Waals surface area contributed by atoms with E-state index in [0.717, 1.165) is 5.69 Å². The molecule has 2 heterocycles. The summed E-state index contributed by atoms with van der Waals surface area (Å²) in [6, 6.07) is 6.27. The number of nitrogens with zero attached hydrogens (tertiary/aromatic N) is 6. The lowest BCUT2D eigenvalue weighted by Gasteiger charge is -2.36. The van der Waals surface area contributed by atoms with Crippen molar-refractivity contribution >= 4 is 34.7 Å². The summed E-state index contributed by atoms with van der Waals surface area (Å²) in [5.74, 6) is -0.671. The number of nitro groups is 2. The summed E-state index contributed by atoms with van der Waals surface area (Å²) >= 11 is 5.90. The van der Waals surface area contributed by atoms with Gasteiger partial charge in [0.1, 0.15) is 6.54 Å². The number of anilines is 1. The van der Waals surface area contributed by atoms with E-state index in [1.54, 1.807) is 24.0 Å². The number of benzene rings is 1. The number of hydrogen-bond acceptors (Lipinski definition) is 7. The first kappa shape index (κ1) is 19.5. The van der Waals surface area contributed by atoms with E-state index in [-0.39, 0.29) is 23.2 Å². The normalized spacial score (nSPS) is 14.2. The zero-order chi connectivity index (χ0) is 20.4. The van der Waals surface area contributed by atoms with Gasteiger partial charge in [-0.3, -0.25) is 14.9 Å². The van der Waals surface area contributed by atoms with Gasteiger partial charge in [-0.15, -0.1) is 0 Å². The predicted molar refractivity (Wildman–Crippen MR) is 101 cm³/mol. The van der Waals surface area contributed by atoms with E-state index in [2.05, 4.69) is 5.10 Å². The van der Waals surface area contributed by atoms with Crippen LogP contribution in [0.1, 0.15) is 5.69 Å². The third kappa shape index (κ3) is 3.88. The lowest BCUT2D eigenvalue weighted by atomic mass is 10.2. The molecule has 1 aromatic carbocycles. The summed E-state index contributed by atoms with van der Waals surface area (Å²) in [7, 11) is 0. The fraction of sp³-hybridized carbons (Fsp3) is 0.375. The first-order valence-electron chi connectivity index (χ1n) is 8.42. The van der Waals surface area contributed by atoms with E-state index in [9.17, 15) is 25.0 Å². The second kappa shape index (κ2) is 7.80. The van der Waals surface area contributed by atoms with Crippen LogP contribution in [0.2, 0.25) is 5.02 Å². The Balaban J connectivity index is 1.60. The zero-order valence-corrected chi connectivity index (χ0v) is 15.7. The van der Waals surface area contributed by atoms with Crippen LogP contribution in [0, 0.1) is 27.2 Å². The summed E-state index contributed by atoms with van der Waals surface area (Å²) in [5.41, 5.74) is 1.24. The molecule has 3 rings (SSSR count). The van der Waals surface area contributed by atoms with Crippen molar-refractivity contribution < 1.29 is 14.6 Å². The van der Waals surface area contributed by atoms with Crippen LogP contribution in [0.25, 0.3) is 0 Å². The van der Waals surface area contributed by atoms with Gasteiger partial charge in [0.05, 0.1) is 15.7 Å². The minimum absolute atomic E-state index is 0.0277. The number of rotatable bonds is 5. The Morgan fingerprint density at radius 1 is 1.11 bits per heavy atom. The maximum atomic E-state index is 12.5. The van der Waals surface area contributed by atoms with Crippen LogP contribution in [0.5, 0.6) is 0 Å². The number of non-ortho nitro benzene ring substituents is 1. The molecular weight excluding hydrogens is 392 g/mol. The molecule has 1 saturated heterocycles. The smallest absolute Gasteiger partial charge is 0.368 e. The Labute approximate surface area is 164 Å². The Hall–Kier alpha value is -3.21. The van der Waals surface area contributed by atoms with Crippen LogP contribution < -0.4 is 4.90 Å². The van der Waals surface area contributed by atoms with Crippen LogP contribution in [0.4, 0.5) is 17.2 Å². The zero-order valence-electron chi connectivity index (χ0n) is 14.9. The van der Waals surface area contributed by atoms with E-state index < -0.39 is 15.7 Å². The van der Waals surface area contributed by atoms with Gasteiger partial charge in [0, 0.05) is 44.0 Å². The second-order valence-electron chi connectivity index (χ2n) is 6.28. The molecule has 0 N–H and O–H groups in total. The van der Waals surface area contributed by atoms with Crippen LogP contribution >= 0.6 is 11.6 Å². The minimum Gasteiger partial charge on any atom is -0.368 e. The van der Waals surface area contributed by atoms with Gasteiger partial charge >= 0.3 is 5.82 Å². The molecule has 0 bridgehead atoms. The number of aromatic nitrogens is 2. The van der Waals surface area contributed by atoms with Crippen LogP contribution in [0.15, 0.2) is 24.3 Å². The molecule has 1 aromatic heterocycles. The van der Waals surface area contributed by atoms with Crippen molar-refractivity contribution in [3.05, 3.63) is 55.2 Å². The molecule has 11 nitrogen and oxygen atoms in total. The third-order valence-electron chi connectivity index (χ3n) is 4.63. The molecule has 1 aliphatic heterocycles. The fourth-order valence-electron chi connectivity index (χ4n) is 3.01. The molecule has 0 unspecified atom stereocenters. The summed E-state index contributed by atoms with van der Waals surface area (Å²) in [5, 5.41) is 25.4. The summed E-state index contributed by atoms with van der Waals surface area (Å²) < 4.78 is 1.24. The number of carbonyl (C=O) groups excluding carboxylic acids is 1. The second-order valence-corrected chi connectivity index (χ2v) is 6.66. The van der Waals surface area contributed by atoms with E-state index in [1.165, 1.54) is 16.8 Å². The van der Waals surface area contributed by atoms with Gasteiger partial charge in [0.2, 0.25) is 5.91 Å². The molecular formula is C16H17ClN6O5. The Kier molecular flexibility index (Phi) is 5.45. The van der Waals surface area contributed by atoms with Crippen molar-refractivity contribution in [1.82, 2.24) is 14.7 Å². The molecule has 1 fully saturated rings. The summed E-state index contributed by atoms with van der Waals surface area (Å²) in [6.45, 7) is 3.52. The maximum Gasteiger partial charge on any atom is 0.408 e. The molecule has 148 valence electrons. The quantitative estimate of drug-likeness (QED) is 0.546. The van der Waals surface area contributed by atoms with Crippen molar-refractivity contribution in [3.8, 4) is 0 Å². The molecule has 0 aliphatic carbocycles. The average Bonchev–Trinajstić information content (AvgIpc) is 2.97. The Morgan fingerprint density at radius 3 is 2.21 bits per heavy atom.